The van der Waals surface area contributed by atoms with Crippen molar-refractivity contribution in [2.24, 2.45) is 0 Å². The van der Waals surface area contributed by atoms with Crippen LogP contribution < -0.4 is 5.32 Å². The number of benzene rings is 1. The zero-order chi connectivity index (χ0) is 11.5. The monoisotopic (exact) mass is 284 g/mol. The molecule has 1 heterocycles. The second kappa shape index (κ2) is 4.44. The van der Waals surface area contributed by atoms with E-state index in [0.29, 0.717) is 10.2 Å². The third kappa shape index (κ3) is 2.27. The summed E-state index contributed by atoms with van der Waals surface area (Å²) in [6.45, 7) is 0. The molecule has 4 nitrogen and oxygen atoms in total. The number of carbonyl (C=O) groups excluding carboxylic acids is 1. The summed E-state index contributed by atoms with van der Waals surface area (Å²) >= 11 is 3.20. The highest BCUT2D eigenvalue weighted by Gasteiger charge is 2.11. The van der Waals surface area contributed by atoms with Crippen molar-refractivity contribution in [3.8, 4) is 0 Å². The van der Waals surface area contributed by atoms with Gasteiger partial charge in [0.2, 0.25) is 0 Å². The lowest BCUT2D eigenvalue weighted by Gasteiger charge is -2.05. The molecule has 82 valence electrons. The highest BCUT2D eigenvalue weighted by molar-refractivity contribution is 9.10. The van der Waals surface area contributed by atoms with Crippen LogP contribution in [0, 0.1) is 5.82 Å². The van der Waals surface area contributed by atoms with E-state index in [9.17, 15) is 9.18 Å². The molecule has 0 aliphatic rings. The third-order valence-corrected chi connectivity index (χ3v) is 2.54. The van der Waals surface area contributed by atoms with Gasteiger partial charge in [0.1, 0.15) is 12.1 Å². The van der Waals surface area contributed by atoms with Crippen LogP contribution in [0.1, 0.15) is 10.5 Å². The first-order valence-corrected chi connectivity index (χ1v) is 5.13. The fraction of sp³-hybridized carbons (Fsp3) is 0. The fourth-order valence-corrected chi connectivity index (χ4v) is 1.46. The first-order valence-electron chi connectivity index (χ1n) is 4.33. The van der Waals surface area contributed by atoms with E-state index in [0.717, 1.165) is 0 Å². The molecular formula is C10H6BrFN2O2. The van der Waals surface area contributed by atoms with E-state index in [1.165, 1.54) is 30.5 Å². The Balaban J connectivity index is 2.21. The summed E-state index contributed by atoms with van der Waals surface area (Å²) in [5.41, 5.74) is 0.476. The summed E-state index contributed by atoms with van der Waals surface area (Å²) in [6.07, 6.45) is 1.29. The number of rotatable bonds is 2. The van der Waals surface area contributed by atoms with Gasteiger partial charge in [0.15, 0.2) is 5.69 Å². The number of anilines is 1. The summed E-state index contributed by atoms with van der Waals surface area (Å²) in [6, 6.07) is 5.42. The Hall–Kier alpha value is -1.69. The standard InChI is InChI=1S/C10H6BrFN2O2/c11-7-2-1-6(12)5-9(7)13-10(15)8-3-4-16-14-8/h1-5H,(H,13,15). The average Bonchev–Trinajstić information content (AvgIpc) is 2.76. The van der Waals surface area contributed by atoms with Crippen molar-refractivity contribution in [3.05, 3.63) is 46.5 Å². The van der Waals surface area contributed by atoms with Crippen LogP contribution in [0.5, 0.6) is 0 Å². The van der Waals surface area contributed by atoms with E-state index in [1.54, 1.807) is 0 Å². The molecular weight excluding hydrogens is 279 g/mol. The number of amides is 1. The minimum atomic E-state index is -0.458. The SMILES string of the molecule is O=C(Nc1cc(F)ccc1Br)c1ccon1. The Morgan fingerprint density at radius 3 is 2.94 bits per heavy atom. The highest BCUT2D eigenvalue weighted by Crippen LogP contribution is 2.23. The summed E-state index contributed by atoms with van der Waals surface area (Å²) in [5, 5.41) is 5.97. The molecule has 2 rings (SSSR count). The van der Waals surface area contributed by atoms with Crippen molar-refractivity contribution in [1.29, 1.82) is 0 Å². The fourth-order valence-electron chi connectivity index (χ4n) is 1.11. The van der Waals surface area contributed by atoms with E-state index >= 15 is 0 Å². The number of hydrogen-bond donors (Lipinski definition) is 1. The molecule has 1 N–H and O–H groups in total. The zero-order valence-corrected chi connectivity index (χ0v) is 9.49. The van der Waals surface area contributed by atoms with Crippen molar-refractivity contribution in [2.75, 3.05) is 5.32 Å². The number of aromatic nitrogens is 1. The molecule has 0 saturated heterocycles. The van der Waals surface area contributed by atoms with Gasteiger partial charge in [-0.05, 0) is 34.1 Å². The van der Waals surface area contributed by atoms with E-state index in [-0.39, 0.29) is 5.69 Å². The van der Waals surface area contributed by atoms with E-state index < -0.39 is 11.7 Å². The zero-order valence-electron chi connectivity index (χ0n) is 7.91. The van der Waals surface area contributed by atoms with Crippen molar-refractivity contribution in [1.82, 2.24) is 5.16 Å². The Kier molecular flexibility index (Phi) is 3.00. The Bertz CT molecular complexity index is 514. The molecule has 0 atom stereocenters. The minimum absolute atomic E-state index is 0.135. The molecule has 0 spiro atoms. The molecule has 0 unspecified atom stereocenters. The molecule has 1 aromatic carbocycles. The van der Waals surface area contributed by atoms with Crippen molar-refractivity contribution >= 4 is 27.5 Å². The molecule has 1 amide bonds. The largest absolute Gasteiger partial charge is 0.364 e. The second-order valence-electron chi connectivity index (χ2n) is 2.96. The van der Waals surface area contributed by atoms with Crippen LogP contribution in [0.4, 0.5) is 10.1 Å². The van der Waals surface area contributed by atoms with E-state index in [2.05, 4.69) is 30.9 Å². The third-order valence-electron chi connectivity index (χ3n) is 1.85. The van der Waals surface area contributed by atoms with Gasteiger partial charge < -0.3 is 9.84 Å². The Morgan fingerprint density at radius 1 is 1.44 bits per heavy atom. The predicted molar refractivity (Wildman–Crippen MR) is 58.6 cm³/mol. The van der Waals surface area contributed by atoms with Crippen LogP contribution in [0.2, 0.25) is 0 Å². The first kappa shape index (κ1) is 10.8. The Morgan fingerprint density at radius 2 is 2.25 bits per heavy atom. The van der Waals surface area contributed by atoms with Gasteiger partial charge in [-0.1, -0.05) is 5.16 Å². The molecule has 1 aromatic heterocycles. The number of hydrogen-bond acceptors (Lipinski definition) is 3. The second-order valence-corrected chi connectivity index (χ2v) is 3.82. The molecule has 0 bridgehead atoms. The molecule has 2 aromatic rings. The van der Waals surface area contributed by atoms with Crippen LogP contribution in [-0.2, 0) is 0 Å². The maximum absolute atomic E-state index is 12.9. The molecule has 0 saturated carbocycles. The summed E-state index contributed by atoms with van der Waals surface area (Å²) in [7, 11) is 0. The number of nitrogens with zero attached hydrogens (tertiary/aromatic N) is 1. The van der Waals surface area contributed by atoms with Gasteiger partial charge in [-0.15, -0.1) is 0 Å². The first-order chi connectivity index (χ1) is 7.66. The number of halogens is 2. The van der Waals surface area contributed by atoms with Crippen LogP contribution in [0.25, 0.3) is 0 Å². The maximum Gasteiger partial charge on any atom is 0.277 e. The molecule has 0 aliphatic carbocycles. The molecule has 0 radical (unpaired) electrons. The minimum Gasteiger partial charge on any atom is -0.364 e. The van der Waals surface area contributed by atoms with Gasteiger partial charge in [-0.3, -0.25) is 4.79 Å². The van der Waals surface area contributed by atoms with Gasteiger partial charge in [0.25, 0.3) is 5.91 Å². The van der Waals surface area contributed by atoms with Gasteiger partial charge >= 0.3 is 0 Å². The van der Waals surface area contributed by atoms with Crippen LogP contribution in [0.3, 0.4) is 0 Å². The van der Waals surface area contributed by atoms with Gasteiger partial charge in [-0.25, -0.2) is 4.39 Å². The van der Waals surface area contributed by atoms with Gasteiger partial charge in [0, 0.05) is 10.5 Å². The smallest absolute Gasteiger partial charge is 0.277 e. The lowest BCUT2D eigenvalue weighted by molar-refractivity contribution is 0.101. The molecule has 16 heavy (non-hydrogen) atoms. The highest BCUT2D eigenvalue weighted by atomic mass is 79.9. The number of nitrogens with one attached hydrogen (secondary N) is 1. The lowest BCUT2D eigenvalue weighted by atomic mass is 10.3. The van der Waals surface area contributed by atoms with Gasteiger partial charge in [0.05, 0.1) is 5.69 Å². The summed E-state index contributed by atoms with van der Waals surface area (Å²) in [4.78, 5) is 11.6. The summed E-state index contributed by atoms with van der Waals surface area (Å²) in [5.74, 6) is -0.890. The maximum atomic E-state index is 12.9. The summed E-state index contributed by atoms with van der Waals surface area (Å²) < 4.78 is 18.1. The number of carbonyl (C=O) groups is 1. The average molecular weight is 285 g/mol. The predicted octanol–water partition coefficient (Wildman–Crippen LogP) is 2.83. The van der Waals surface area contributed by atoms with Crippen LogP contribution in [-0.4, -0.2) is 11.1 Å². The Labute approximate surface area is 98.6 Å². The van der Waals surface area contributed by atoms with Crippen molar-refractivity contribution < 1.29 is 13.7 Å². The van der Waals surface area contributed by atoms with Crippen molar-refractivity contribution in [3.63, 3.8) is 0 Å². The van der Waals surface area contributed by atoms with E-state index in [1.807, 2.05) is 0 Å². The van der Waals surface area contributed by atoms with Gasteiger partial charge in [-0.2, -0.15) is 0 Å². The quantitative estimate of drug-likeness (QED) is 0.923. The van der Waals surface area contributed by atoms with Crippen molar-refractivity contribution in [2.45, 2.75) is 0 Å². The topological polar surface area (TPSA) is 55.1 Å². The molecule has 6 heteroatoms. The normalized spacial score (nSPS) is 10.1. The van der Waals surface area contributed by atoms with Crippen LogP contribution in [0.15, 0.2) is 39.5 Å². The lowest BCUT2D eigenvalue weighted by Crippen LogP contribution is -2.12. The van der Waals surface area contributed by atoms with Crippen LogP contribution >= 0.6 is 15.9 Å². The molecule has 0 aliphatic heterocycles. The molecule has 0 fully saturated rings. The van der Waals surface area contributed by atoms with E-state index in [4.69, 9.17) is 0 Å².